The van der Waals surface area contributed by atoms with Crippen molar-refractivity contribution in [3.05, 3.63) is 41.9 Å². The number of benzene rings is 1. The third-order valence-electron chi connectivity index (χ3n) is 6.39. The number of aliphatic hydroxyl groups is 1. The summed E-state index contributed by atoms with van der Waals surface area (Å²) < 4.78 is 7.68. The standard InChI is InChI=1S/C23H27ClN4O2/c24-23-25-13-20-21(14-28(22(20)27-23)18-5-7-19(29)8-6-18)15-1-3-16(4-2-15)26-17-9-11-30-12-10-17/h1-4,13-14,17-19,26,29H,5-12H2. The predicted molar refractivity (Wildman–Crippen MR) is 119 cm³/mol. The van der Waals surface area contributed by atoms with Crippen LogP contribution in [0.25, 0.3) is 22.2 Å². The van der Waals surface area contributed by atoms with E-state index in [9.17, 15) is 5.11 Å². The highest BCUT2D eigenvalue weighted by Crippen LogP contribution is 2.37. The average molecular weight is 427 g/mol. The number of anilines is 1. The maximum atomic E-state index is 9.89. The topological polar surface area (TPSA) is 72.2 Å². The van der Waals surface area contributed by atoms with Gasteiger partial charge in [-0.1, -0.05) is 12.1 Å². The smallest absolute Gasteiger partial charge is 0.224 e. The minimum atomic E-state index is -0.184. The second-order valence-electron chi connectivity index (χ2n) is 8.40. The first-order chi connectivity index (χ1) is 14.7. The Morgan fingerprint density at radius 2 is 1.77 bits per heavy atom. The number of nitrogens with zero attached hydrogens (tertiary/aromatic N) is 3. The number of aliphatic hydroxyl groups excluding tert-OH is 1. The molecule has 0 atom stereocenters. The molecule has 2 N–H and O–H groups in total. The molecule has 1 saturated carbocycles. The number of hydrogen-bond donors (Lipinski definition) is 2. The normalized spacial score (nSPS) is 23.0. The van der Waals surface area contributed by atoms with E-state index in [1.807, 2.05) is 6.20 Å². The molecule has 158 valence electrons. The maximum Gasteiger partial charge on any atom is 0.224 e. The lowest BCUT2D eigenvalue weighted by Gasteiger charge is -2.27. The fraction of sp³-hybridized carbons (Fsp3) is 0.478. The third kappa shape index (κ3) is 4.04. The van der Waals surface area contributed by atoms with Crippen molar-refractivity contribution in [1.82, 2.24) is 14.5 Å². The second-order valence-corrected chi connectivity index (χ2v) is 8.74. The van der Waals surface area contributed by atoms with Gasteiger partial charge in [0.2, 0.25) is 5.28 Å². The predicted octanol–water partition coefficient (Wildman–Crippen LogP) is 4.82. The molecule has 30 heavy (non-hydrogen) atoms. The second kappa shape index (κ2) is 8.53. The lowest BCUT2D eigenvalue weighted by Crippen LogP contribution is -2.27. The summed E-state index contributed by atoms with van der Waals surface area (Å²) in [4.78, 5) is 8.78. The summed E-state index contributed by atoms with van der Waals surface area (Å²) in [6.45, 7) is 1.66. The van der Waals surface area contributed by atoms with Crippen LogP contribution in [0, 0.1) is 0 Å². The molecule has 0 bridgehead atoms. The molecule has 2 fully saturated rings. The highest BCUT2D eigenvalue weighted by Gasteiger charge is 2.24. The summed E-state index contributed by atoms with van der Waals surface area (Å²) in [7, 11) is 0. The number of ether oxygens (including phenoxy) is 1. The van der Waals surface area contributed by atoms with Gasteiger partial charge >= 0.3 is 0 Å². The molecular formula is C23H27ClN4O2. The molecule has 0 radical (unpaired) electrons. The van der Waals surface area contributed by atoms with Gasteiger partial charge in [-0.05, 0) is 67.8 Å². The van der Waals surface area contributed by atoms with Gasteiger partial charge in [0.25, 0.3) is 0 Å². The Labute approximate surface area is 181 Å². The molecule has 3 heterocycles. The van der Waals surface area contributed by atoms with E-state index >= 15 is 0 Å². The van der Waals surface area contributed by atoms with Crippen molar-refractivity contribution in [1.29, 1.82) is 0 Å². The zero-order valence-electron chi connectivity index (χ0n) is 16.9. The van der Waals surface area contributed by atoms with Crippen molar-refractivity contribution < 1.29 is 9.84 Å². The van der Waals surface area contributed by atoms with Gasteiger partial charge in [0.15, 0.2) is 0 Å². The zero-order chi connectivity index (χ0) is 20.5. The maximum absolute atomic E-state index is 9.89. The van der Waals surface area contributed by atoms with Gasteiger partial charge in [0.1, 0.15) is 5.65 Å². The fourth-order valence-corrected chi connectivity index (χ4v) is 4.81. The molecule has 0 unspecified atom stereocenters. The van der Waals surface area contributed by atoms with Crippen LogP contribution < -0.4 is 5.32 Å². The van der Waals surface area contributed by atoms with E-state index in [1.165, 1.54) is 0 Å². The molecule has 2 aliphatic rings. The molecule has 1 aliphatic carbocycles. The summed E-state index contributed by atoms with van der Waals surface area (Å²) in [6, 6.07) is 9.39. The van der Waals surface area contributed by atoms with Gasteiger partial charge in [-0.25, -0.2) is 4.98 Å². The Bertz CT molecular complexity index is 1010. The van der Waals surface area contributed by atoms with E-state index in [0.717, 1.165) is 79.6 Å². The van der Waals surface area contributed by atoms with Crippen LogP contribution in [0.15, 0.2) is 36.7 Å². The van der Waals surface area contributed by atoms with E-state index in [4.69, 9.17) is 16.3 Å². The number of hydrogen-bond acceptors (Lipinski definition) is 5. The molecule has 2 aromatic heterocycles. The van der Waals surface area contributed by atoms with Crippen LogP contribution in [0.5, 0.6) is 0 Å². The largest absolute Gasteiger partial charge is 0.393 e. The van der Waals surface area contributed by atoms with Gasteiger partial charge in [0, 0.05) is 54.3 Å². The van der Waals surface area contributed by atoms with Crippen molar-refractivity contribution in [2.24, 2.45) is 0 Å². The number of rotatable bonds is 4. The van der Waals surface area contributed by atoms with Crippen LogP contribution in [0.1, 0.15) is 44.6 Å². The van der Waals surface area contributed by atoms with Crippen LogP contribution in [-0.4, -0.2) is 45.0 Å². The van der Waals surface area contributed by atoms with Crippen molar-refractivity contribution in [3.63, 3.8) is 0 Å². The van der Waals surface area contributed by atoms with E-state index in [0.29, 0.717) is 12.1 Å². The SMILES string of the molecule is OC1CCC(n2cc(-c3ccc(NC4CCOCC4)cc3)c3cnc(Cl)nc32)CC1. The first-order valence-corrected chi connectivity index (χ1v) is 11.2. The van der Waals surface area contributed by atoms with Crippen LogP contribution in [-0.2, 0) is 4.74 Å². The van der Waals surface area contributed by atoms with E-state index in [1.54, 1.807) is 0 Å². The van der Waals surface area contributed by atoms with Crippen LogP contribution in [0.3, 0.4) is 0 Å². The Morgan fingerprint density at radius 1 is 1.03 bits per heavy atom. The lowest BCUT2D eigenvalue weighted by atomic mass is 9.93. The molecule has 7 heteroatoms. The minimum Gasteiger partial charge on any atom is -0.393 e. The number of aromatic nitrogens is 3. The highest BCUT2D eigenvalue weighted by molar-refractivity contribution is 6.28. The first-order valence-electron chi connectivity index (χ1n) is 10.8. The van der Waals surface area contributed by atoms with Crippen LogP contribution >= 0.6 is 11.6 Å². The highest BCUT2D eigenvalue weighted by atomic mass is 35.5. The average Bonchev–Trinajstić information content (AvgIpc) is 3.14. The van der Waals surface area contributed by atoms with Gasteiger partial charge in [-0.3, -0.25) is 0 Å². The number of nitrogens with one attached hydrogen (secondary N) is 1. The summed E-state index contributed by atoms with van der Waals surface area (Å²) in [5.41, 5.74) is 4.26. The van der Waals surface area contributed by atoms with Crippen LogP contribution in [0.4, 0.5) is 5.69 Å². The Kier molecular flexibility index (Phi) is 5.63. The Hall–Kier alpha value is -2.15. The number of fused-ring (bicyclic) bond motifs is 1. The minimum absolute atomic E-state index is 0.184. The van der Waals surface area contributed by atoms with E-state index in [-0.39, 0.29) is 11.4 Å². The van der Waals surface area contributed by atoms with Gasteiger partial charge in [0.05, 0.1) is 6.10 Å². The van der Waals surface area contributed by atoms with Crippen LogP contribution in [0.2, 0.25) is 5.28 Å². The van der Waals surface area contributed by atoms with Crippen molar-refractivity contribution in [3.8, 4) is 11.1 Å². The molecule has 1 aromatic carbocycles. The summed E-state index contributed by atoms with van der Waals surface area (Å²) in [6.07, 6.45) is 9.45. The molecule has 1 saturated heterocycles. The molecular weight excluding hydrogens is 400 g/mol. The summed E-state index contributed by atoms with van der Waals surface area (Å²) in [5.74, 6) is 0. The zero-order valence-corrected chi connectivity index (χ0v) is 17.7. The summed E-state index contributed by atoms with van der Waals surface area (Å²) in [5, 5.41) is 14.8. The van der Waals surface area contributed by atoms with Gasteiger partial charge in [-0.15, -0.1) is 0 Å². The first kappa shape index (κ1) is 19.8. The lowest BCUT2D eigenvalue weighted by molar-refractivity contribution is 0.0904. The van der Waals surface area contributed by atoms with E-state index in [2.05, 4.69) is 50.3 Å². The molecule has 0 amide bonds. The van der Waals surface area contributed by atoms with Gasteiger partial charge < -0.3 is 19.7 Å². The van der Waals surface area contributed by atoms with E-state index < -0.39 is 0 Å². The third-order valence-corrected chi connectivity index (χ3v) is 6.57. The van der Waals surface area contributed by atoms with Crippen molar-refractivity contribution in [2.75, 3.05) is 18.5 Å². The van der Waals surface area contributed by atoms with Crippen molar-refractivity contribution >= 4 is 28.3 Å². The molecule has 6 nitrogen and oxygen atoms in total. The Balaban J connectivity index is 1.45. The summed E-state index contributed by atoms with van der Waals surface area (Å²) >= 11 is 6.13. The fourth-order valence-electron chi connectivity index (χ4n) is 4.68. The molecule has 3 aromatic rings. The monoisotopic (exact) mass is 426 g/mol. The Morgan fingerprint density at radius 3 is 2.50 bits per heavy atom. The molecule has 5 rings (SSSR count). The molecule has 1 aliphatic heterocycles. The number of halogens is 1. The quantitative estimate of drug-likeness (QED) is 0.585. The molecule has 0 spiro atoms. The van der Waals surface area contributed by atoms with Crippen molar-refractivity contribution in [2.45, 2.75) is 56.7 Å². The van der Waals surface area contributed by atoms with Gasteiger partial charge in [-0.2, -0.15) is 4.98 Å².